The maximum Gasteiger partial charge on any atom is 0.267 e. The van der Waals surface area contributed by atoms with Crippen molar-refractivity contribution in [3.05, 3.63) is 42.0 Å². The van der Waals surface area contributed by atoms with Crippen molar-refractivity contribution in [3.63, 3.8) is 0 Å². The molecule has 2 N–H and O–H groups in total. The summed E-state index contributed by atoms with van der Waals surface area (Å²) in [5.74, 6) is -0.00966. The second-order valence-electron chi connectivity index (χ2n) is 5.78. The zero-order valence-corrected chi connectivity index (χ0v) is 13.1. The number of hydrogen-bond acceptors (Lipinski definition) is 6. The molecule has 0 bridgehead atoms. The monoisotopic (exact) mass is 322 g/mol. The Morgan fingerprint density at radius 2 is 2.12 bits per heavy atom. The average molecular weight is 322 g/mol. The van der Waals surface area contributed by atoms with Crippen LogP contribution in [0, 0.1) is 0 Å². The predicted molar refractivity (Wildman–Crippen MR) is 86.4 cm³/mol. The molecule has 0 unspecified atom stereocenters. The van der Waals surface area contributed by atoms with Gasteiger partial charge in [0.1, 0.15) is 17.0 Å². The van der Waals surface area contributed by atoms with E-state index in [0.717, 1.165) is 5.69 Å². The quantitative estimate of drug-likeness (QED) is 0.618. The Kier molecular flexibility index (Phi) is 3.05. The van der Waals surface area contributed by atoms with Crippen LogP contribution in [0.5, 0.6) is 0 Å². The number of hydrogen-bond donors (Lipinski definition) is 1. The predicted octanol–water partition coefficient (Wildman–Crippen LogP) is 2.15. The number of carbonyl (C=O) groups excluding carboxylic acids is 1. The van der Waals surface area contributed by atoms with E-state index < -0.39 is 5.91 Å². The minimum absolute atomic E-state index is 0.154. The lowest BCUT2D eigenvalue weighted by Crippen LogP contribution is -2.13. The molecule has 0 saturated heterocycles. The third-order valence-corrected chi connectivity index (χ3v) is 3.85. The summed E-state index contributed by atoms with van der Waals surface area (Å²) >= 11 is 0. The molecule has 120 valence electrons. The lowest BCUT2D eigenvalue weighted by atomic mass is 10.0. The first-order valence-electron chi connectivity index (χ1n) is 7.43. The zero-order chi connectivity index (χ0) is 16.8. The van der Waals surface area contributed by atoms with Gasteiger partial charge in [0.15, 0.2) is 0 Å². The topological polar surface area (TPSA) is 112 Å². The maximum atomic E-state index is 11.9. The molecule has 4 heterocycles. The molecular formula is C16H14N6O2. The summed E-state index contributed by atoms with van der Waals surface area (Å²) in [6, 6.07) is 5.34. The van der Waals surface area contributed by atoms with Crippen molar-refractivity contribution in [2.45, 2.75) is 19.8 Å². The second-order valence-corrected chi connectivity index (χ2v) is 5.78. The smallest absolute Gasteiger partial charge is 0.267 e. The first-order valence-corrected chi connectivity index (χ1v) is 7.43. The fourth-order valence-corrected chi connectivity index (χ4v) is 2.64. The molecule has 0 aliphatic heterocycles. The maximum absolute atomic E-state index is 11.9. The second kappa shape index (κ2) is 5.12. The van der Waals surface area contributed by atoms with Crippen molar-refractivity contribution in [3.8, 4) is 11.6 Å². The fourth-order valence-electron chi connectivity index (χ4n) is 2.64. The van der Waals surface area contributed by atoms with Crippen LogP contribution in [0.4, 0.5) is 0 Å². The van der Waals surface area contributed by atoms with Gasteiger partial charge in [0.05, 0.1) is 5.56 Å². The number of primary amides is 1. The summed E-state index contributed by atoms with van der Waals surface area (Å²) in [5.41, 5.74) is 8.60. The van der Waals surface area contributed by atoms with E-state index >= 15 is 0 Å². The van der Waals surface area contributed by atoms with Crippen LogP contribution in [0.1, 0.15) is 35.8 Å². The van der Waals surface area contributed by atoms with Crippen LogP contribution in [-0.2, 0) is 0 Å². The minimum Gasteiger partial charge on any atom is -0.422 e. The van der Waals surface area contributed by atoms with E-state index in [1.807, 2.05) is 13.8 Å². The highest BCUT2D eigenvalue weighted by Crippen LogP contribution is 2.25. The van der Waals surface area contributed by atoms with E-state index in [9.17, 15) is 4.79 Å². The van der Waals surface area contributed by atoms with Crippen LogP contribution in [-0.4, -0.2) is 30.5 Å². The lowest BCUT2D eigenvalue weighted by Gasteiger charge is -2.10. The Morgan fingerprint density at radius 3 is 2.79 bits per heavy atom. The summed E-state index contributed by atoms with van der Waals surface area (Å²) in [6.45, 7) is 4.02. The Labute approximate surface area is 136 Å². The summed E-state index contributed by atoms with van der Waals surface area (Å²) in [7, 11) is 0. The SMILES string of the molecule is CC(C)c1cc(C(N)=O)c2ccc3nc(-c4nnco4)cn3c2n1. The average Bonchev–Trinajstić information content (AvgIpc) is 3.22. The number of amides is 1. The normalized spacial score (nSPS) is 11.6. The van der Waals surface area contributed by atoms with Crippen molar-refractivity contribution >= 4 is 22.6 Å². The van der Waals surface area contributed by atoms with Gasteiger partial charge in [0.25, 0.3) is 5.89 Å². The summed E-state index contributed by atoms with van der Waals surface area (Å²) in [4.78, 5) is 21.0. The Morgan fingerprint density at radius 1 is 1.29 bits per heavy atom. The van der Waals surface area contributed by atoms with Gasteiger partial charge in [-0.05, 0) is 24.1 Å². The number of rotatable bonds is 3. The molecule has 0 aliphatic carbocycles. The molecular weight excluding hydrogens is 308 g/mol. The molecule has 0 fully saturated rings. The van der Waals surface area contributed by atoms with E-state index in [1.165, 1.54) is 6.39 Å². The fraction of sp³-hybridized carbons (Fsp3) is 0.188. The molecule has 4 aromatic heterocycles. The number of nitrogens with two attached hydrogens (primary N) is 1. The molecule has 1 amide bonds. The highest BCUT2D eigenvalue weighted by Gasteiger charge is 2.16. The van der Waals surface area contributed by atoms with E-state index in [4.69, 9.17) is 10.2 Å². The molecule has 0 radical (unpaired) electrons. The summed E-state index contributed by atoms with van der Waals surface area (Å²) < 4.78 is 6.99. The highest BCUT2D eigenvalue weighted by atomic mass is 16.4. The largest absolute Gasteiger partial charge is 0.422 e. The number of imidazole rings is 1. The van der Waals surface area contributed by atoms with Crippen molar-refractivity contribution in [2.24, 2.45) is 5.73 Å². The van der Waals surface area contributed by atoms with E-state index in [-0.39, 0.29) is 5.92 Å². The first kappa shape index (κ1) is 14.3. The van der Waals surface area contributed by atoms with Gasteiger partial charge in [-0.3, -0.25) is 9.20 Å². The van der Waals surface area contributed by atoms with Gasteiger partial charge in [-0.15, -0.1) is 10.2 Å². The van der Waals surface area contributed by atoms with E-state index in [0.29, 0.717) is 33.8 Å². The van der Waals surface area contributed by atoms with Gasteiger partial charge in [-0.25, -0.2) is 9.97 Å². The Balaban J connectivity index is 2.07. The highest BCUT2D eigenvalue weighted by molar-refractivity contribution is 6.05. The molecule has 0 spiro atoms. The Bertz CT molecular complexity index is 1070. The molecule has 0 saturated carbocycles. The number of carbonyl (C=O) groups is 1. The van der Waals surface area contributed by atoms with Crippen molar-refractivity contribution in [1.29, 1.82) is 0 Å². The van der Waals surface area contributed by atoms with Crippen molar-refractivity contribution in [1.82, 2.24) is 24.6 Å². The van der Waals surface area contributed by atoms with Crippen LogP contribution >= 0.6 is 0 Å². The summed E-state index contributed by atoms with van der Waals surface area (Å²) in [5, 5.41) is 8.20. The van der Waals surface area contributed by atoms with Crippen LogP contribution < -0.4 is 5.73 Å². The zero-order valence-electron chi connectivity index (χ0n) is 13.1. The third kappa shape index (κ3) is 2.11. The molecule has 8 nitrogen and oxygen atoms in total. The van der Waals surface area contributed by atoms with Gasteiger partial charge in [-0.2, -0.15) is 0 Å². The van der Waals surface area contributed by atoms with Crippen LogP contribution in [0.3, 0.4) is 0 Å². The molecule has 0 aliphatic rings. The number of nitrogens with zero attached hydrogens (tertiary/aromatic N) is 5. The molecule has 24 heavy (non-hydrogen) atoms. The molecule has 0 aromatic carbocycles. The molecule has 4 aromatic rings. The van der Waals surface area contributed by atoms with Gasteiger partial charge in [0, 0.05) is 17.3 Å². The summed E-state index contributed by atoms with van der Waals surface area (Å²) in [6.07, 6.45) is 3.00. The number of aromatic nitrogens is 5. The van der Waals surface area contributed by atoms with Crippen molar-refractivity contribution in [2.75, 3.05) is 0 Å². The standard InChI is InChI=1S/C16H14N6O2/c1-8(2)11-5-10(14(17)23)9-3-4-13-19-12(16-21-18-7-24-16)6-22(13)15(9)20-11/h3-8H,1-2H3,(H2,17,23). The molecule has 0 atom stereocenters. The lowest BCUT2D eigenvalue weighted by molar-refractivity contribution is 0.100. The third-order valence-electron chi connectivity index (χ3n) is 3.85. The molecule has 4 rings (SSSR count). The first-order chi connectivity index (χ1) is 11.5. The van der Waals surface area contributed by atoms with Crippen molar-refractivity contribution < 1.29 is 9.21 Å². The number of pyridine rings is 2. The van der Waals surface area contributed by atoms with Crippen LogP contribution in [0.25, 0.3) is 28.3 Å². The van der Waals surface area contributed by atoms with Gasteiger partial charge < -0.3 is 10.2 Å². The van der Waals surface area contributed by atoms with Gasteiger partial charge in [0.2, 0.25) is 12.3 Å². The van der Waals surface area contributed by atoms with Gasteiger partial charge >= 0.3 is 0 Å². The Hall–Kier alpha value is -3.29. The van der Waals surface area contributed by atoms with E-state index in [2.05, 4.69) is 20.2 Å². The van der Waals surface area contributed by atoms with Crippen LogP contribution in [0.15, 0.2) is 35.2 Å². The van der Waals surface area contributed by atoms with Crippen LogP contribution in [0.2, 0.25) is 0 Å². The van der Waals surface area contributed by atoms with Gasteiger partial charge in [-0.1, -0.05) is 13.8 Å². The number of fused-ring (bicyclic) bond motifs is 3. The molecule has 8 heteroatoms. The van der Waals surface area contributed by atoms with E-state index in [1.54, 1.807) is 28.8 Å². The minimum atomic E-state index is -0.485.